The first-order valence-electron chi connectivity index (χ1n) is 13.7. The molecular formula is C32H25ClN4O7. The highest BCUT2D eigenvalue weighted by atomic mass is 35.5. The third kappa shape index (κ3) is 5.87. The van der Waals surface area contributed by atoms with Gasteiger partial charge in [0.15, 0.2) is 29.2 Å². The topological polar surface area (TPSA) is 132 Å². The van der Waals surface area contributed by atoms with Crippen LogP contribution in [-0.2, 0) is 18.9 Å². The van der Waals surface area contributed by atoms with Crippen molar-refractivity contribution in [2.75, 3.05) is 0 Å². The number of rotatable bonds is 8. The maximum Gasteiger partial charge on any atom is 0.338 e. The van der Waals surface area contributed by atoms with E-state index in [0.29, 0.717) is 11.2 Å². The highest BCUT2D eigenvalue weighted by Crippen LogP contribution is 2.38. The van der Waals surface area contributed by atoms with E-state index in [9.17, 15) is 14.4 Å². The first kappa shape index (κ1) is 29.0. The van der Waals surface area contributed by atoms with Crippen LogP contribution in [0.25, 0.3) is 11.2 Å². The Bertz CT molecular complexity index is 1790. The van der Waals surface area contributed by atoms with E-state index >= 15 is 0 Å². The van der Waals surface area contributed by atoms with Gasteiger partial charge >= 0.3 is 17.9 Å². The number of carbonyl (C=O) groups is 3. The van der Waals surface area contributed by atoms with E-state index in [0.717, 1.165) is 0 Å². The fourth-order valence-electron chi connectivity index (χ4n) is 4.95. The molecule has 11 nitrogen and oxygen atoms in total. The molecule has 0 spiro atoms. The van der Waals surface area contributed by atoms with Gasteiger partial charge in [-0.25, -0.2) is 29.3 Å². The molecule has 1 fully saturated rings. The van der Waals surface area contributed by atoms with Crippen LogP contribution in [0.4, 0.5) is 0 Å². The van der Waals surface area contributed by atoms with Crippen molar-refractivity contribution in [2.45, 2.75) is 37.6 Å². The summed E-state index contributed by atoms with van der Waals surface area (Å²) in [6.07, 6.45) is -2.94. The van der Waals surface area contributed by atoms with Crippen LogP contribution in [0.15, 0.2) is 104 Å². The summed E-state index contributed by atoms with van der Waals surface area (Å²) >= 11 is 6.26. The highest BCUT2D eigenvalue weighted by Gasteiger charge is 2.54. The van der Waals surface area contributed by atoms with Gasteiger partial charge in [0.2, 0.25) is 0 Å². The molecule has 0 aliphatic carbocycles. The molecule has 0 saturated carbocycles. The van der Waals surface area contributed by atoms with Crippen LogP contribution >= 0.6 is 11.6 Å². The number of imidazole rings is 1. The van der Waals surface area contributed by atoms with Crippen molar-refractivity contribution in [3.63, 3.8) is 0 Å². The molecule has 0 bridgehead atoms. The van der Waals surface area contributed by atoms with Crippen LogP contribution in [0.5, 0.6) is 0 Å². The smallest absolute Gasteiger partial charge is 0.338 e. The quantitative estimate of drug-likeness (QED) is 0.133. The number of nitrogens with zero attached hydrogens (tertiary/aromatic N) is 4. The van der Waals surface area contributed by atoms with Crippen molar-refractivity contribution >= 4 is 40.7 Å². The van der Waals surface area contributed by atoms with Crippen molar-refractivity contribution < 1.29 is 33.3 Å². The molecule has 0 radical (unpaired) electrons. The second-order valence-corrected chi connectivity index (χ2v) is 10.3. The van der Waals surface area contributed by atoms with E-state index in [1.807, 2.05) is 0 Å². The molecule has 1 aliphatic heterocycles. The fraction of sp³-hybridized carbons (Fsp3) is 0.188. The number of carbonyl (C=O) groups excluding carboxylic acids is 3. The van der Waals surface area contributed by atoms with Crippen LogP contribution in [0.1, 0.15) is 44.2 Å². The Balaban J connectivity index is 1.40. The highest BCUT2D eigenvalue weighted by molar-refractivity contribution is 6.33. The number of hydrogen-bond donors (Lipinski definition) is 0. The number of halogens is 1. The zero-order valence-corrected chi connectivity index (χ0v) is 24.0. The maximum absolute atomic E-state index is 13.4. The molecule has 12 heteroatoms. The van der Waals surface area contributed by atoms with Gasteiger partial charge in [-0.1, -0.05) is 66.2 Å². The third-order valence-electron chi connectivity index (χ3n) is 7.08. The summed E-state index contributed by atoms with van der Waals surface area (Å²) in [5, 5.41) is 0.110. The third-order valence-corrected chi connectivity index (χ3v) is 7.36. The van der Waals surface area contributed by atoms with E-state index in [-0.39, 0.29) is 21.8 Å². The van der Waals surface area contributed by atoms with Gasteiger partial charge in [-0.2, -0.15) is 0 Å². The van der Waals surface area contributed by atoms with Gasteiger partial charge in [-0.05, 0) is 43.3 Å². The van der Waals surface area contributed by atoms with Gasteiger partial charge in [0, 0.05) is 0 Å². The first-order chi connectivity index (χ1) is 21.4. The zero-order valence-electron chi connectivity index (χ0n) is 23.2. The van der Waals surface area contributed by atoms with E-state index in [1.165, 1.54) is 17.2 Å². The van der Waals surface area contributed by atoms with Gasteiger partial charge in [-0.3, -0.25) is 4.57 Å². The van der Waals surface area contributed by atoms with Crippen molar-refractivity contribution in [1.82, 2.24) is 19.5 Å². The van der Waals surface area contributed by atoms with Gasteiger partial charge in [-0.15, -0.1) is 0 Å². The van der Waals surface area contributed by atoms with Gasteiger partial charge < -0.3 is 18.9 Å². The van der Waals surface area contributed by atoms with Crippen molar-refractivity contribution in [3.05, 3.63) is 125 Å². The second kappa shape index (κ2) is 12.6. The largest absolute Gasteiger partial charge is 0.456 e. The second-order valence-electron chi connectivity index (χ2n) is 9.93. The number of esters is 3. The van der Waals surface area contributed by atoms with Crippen LogP contribution in [0, 0.1) is 0 Å². The minimum Gasteiger partial charge on any atom is -0.456 e. The lowest BCUT2D eigenvalue weighted by Crippen LogP contribution is -2.44. The summed E-state index contributed by atoms with van der Waals surface area (Å²) in [4.78, 5) is 52.4. The summed E-state index contributed by atoms with van der Waals surface area (Å²) in [6, 6.07) is 25.1. The molecule has 1 aliphatic rings. The molecule has 3 heterocycles. The summed E-state index contributed by atoms with van der Waals surface area (Å²) in [5.41, 5.74) is 1.44. The van der Waals surface area contributed by atoms with Crippen LogP contribution in [0.3, 0.4) is 0 Å². The fourth-order valence-corrected chi connectivity index (χ4v) is 5.12. The Morgan fingerprint density at radius 3 is 1.84 bits per heavy atom. The van der Waals surface area contributed by atoms with Crippen LogP contribution in [0.2, 0.25) is 5.15 Å². The van der Waals surface area contributed by atoms with Gasteiger partial charge in [0.1, 0.15) is 24.1 Å². The minimum absolute atomic E-state index is 0.110. The lowest BCUT2D eigenvalue weighted by Gasteiger charge is -2.27. The molecule has 2 aromatic heterocycles. The summed E-state index contributed by atoms with van der Waals surface area (Å²) < 4.78 is 25.8. The Labute approximate surface area is 256 Å². The summed E-state index contributed by atoms with van der Waals surface area (Å²) in [5.74, 6) is -1.98. The number of hydrogen-bond acceptors (Lipinski definition) is 10. The monoisotopic (exact) mass is 612 g/mol. The molecule has 1 saturated heterocycles. The number of ether oxygens (including phenoxy) is 4. The predicted molar refractivity (Wildman–Crippen MR) is 157 cm³/mol. The molecule has 5 atom stereocenters. The predicted octanol–water partition coefficient (Wildman–Crippen LogP) is 5.07. The Hall–Kier alpha value is -5.13. The van der Waals surface area contributed by atoms with Crippen LogP contribution in [-0.4, -0.2) is 61.8 Å². The SMILES string of the molecule is C[C@@H](OC(=O)c1ccccc1)[C@H]1O[C@@H](n2cnc3c(Cl)ncnc32)[C@H](OC(=O)c2ccccc2)[C@@H]1OC(=O)c1ccccc1. The van der Waals surface area contributed by atoms with Gasteiger partial charge in [0.05, 0.1) is 23.0 Å². The number of benzene rings is 3. The average Bonchev–Trinajstić information content (AvgIpc) is 3.64. The molecule has 3 aromatic carbocycles. The summed E-state index contributed by atoms with van der Waals surface area (Å²) in [7, 11) is 0. The van der Waals surface area contributed by atoms with E-state index in [2.05, 4.69) is 15.0 Å². The van der Waals surface area contributed by atoms with E-state index in [4.69, 9.17) is 30.5 Å². The average molecular weight is 613 g/mol. The van der Waals surface area contributed by atoms with Crippen molar-refractivity contribution in [1.29, 1.82) is 0 Å². The normalized spacial score (nSPS) is 20.1. The maximum atomic E-state index is 13.4. The molecule has 222 valence electrons. The standard InChI is InChI=1S/C32H25ClN4O7/c1-19(41-30(38)20-11-5-2-6-12-20)24-25(43-31(39)21-13-7-3-8-14-21)26(44-32(40)22-15-9-4-10-16-22)29(42-24)37-18-36-23-27(33)34-17-35-28(23)37/h2-19,24-26,29H,1H3/t19-,24-,25-,26-,29-/m1/s1. The molecule has 44 heavy (non-hydrogen) atoms. The lowest BCUT2D eigenvalue weighted by atomic mass is 10.0. The Morgan fingerprint density at radius 1 is 0.750 bits per heavy atom. The molecule has 5 aromatic rings. The van der Waals surface area contributed by atoms with Crippen molar-refractivity contribution in [2.24, 2.45) is 0 Å². The number of fused-ring (bicyclic) bond motifs is 1. The van der Waals surface area contributed by atoms with E-state index < -0.39 is 48.6 Å². The lowest BCUT2D eigenvalue weighted by molar-refractivity contribution is -0.0869. The molecule has 0 amide bonds. The minimum atomic E-state index is -1.23. The molecule has 6 rings (SSSR count). The van der Waals surface area contributed by atoms with Crippen LogP contribution < -0.4 is 0 Å². The van der Waals surface area contributed by atoms with Crippen molar-refractivity contribution in [3.8, 4) is 0 Å². The molecule has 0 N–H and O–H groups in total. The number of aromatic nitrogens is 4. The van der Waals surface area contributed by atoms with E-state index in [1.54, 1.807) is 97.9 Å². The van der Waals surface area contributed by atoms with Gasteiger partial charge in [0.25, 0.3) is 0 Å². The molecular weight excluding hydrogens is 588 g/mol. The molecule has 0 unspecified atom stereocenters. The Kier molecular flexibility index (Phi) is 8.31. The Morgan fingerprint density at radius 2 is 1.27 bits per heavy atom. The summed E-state index contributed by atoms with van der Waals surface area (Å²) in [6.45, 7) is 1.61. The zero-order chi connectivity index (χ0) is 30.6. The first-order valence-corrected chi connectivity index (χ1v) is 14.0.